The Labute approximate surface area is 160 Å². The van der Waals surface area contributed by atoms with Gasteiger partial charge in [-0.15, -0.1) is 22.7 Å². The third kappa shape index (κ3) is 5.09. The van der Waals surface area contributed by atoms with Crippen molar-refractivity contribution in [2.75, 3.05) is 23.7 Å². The maximum Gasteiger partial charge on any atom is 0.232 e. The molecule has 1 saturated heterocycles. The van der Waals surface area contributed by atoms with Crippen molar-refractivity contribution >= 4 is 44.8 Å². The second-order valence-electron chi connectivity index (χ2n) is 6.60. The Bertz CT molecular complexity index is 765. The quantitative estimate of drug-likeness (QED) is 0.701. The summed E-state index contributed by atoms with van der Waals surface area (Å²) in [4.78, 5) is 33.8. The van der Waals surface area contributed by atoms with Gasteiger partial charge in [0, 0.05) is 22.4 Å². The van der Waals surface area contributed by atoms with Gasteiger partial charge in [-0.2, -0.15) is 0 Å². The van der Waals surface area contributed by atoms with Crippen molar-refractivity contribution in [2.45, 2.75) is 39.0 Å². The van der Waals surface area contributed by atoms with Gasteiger partial charge in [0.2, 0.25) is 11.8 Å². The van der Waals surface area contributed by atoms with Gasteiger partial charge in [0.15, 0.2) is 10.3 Å². The molecule has 26 heavy (non-hydrogen) atoms. The lowest BCUT2D eigenvalue weighted by Gasteiger charge is -2.20. The van der Waals surface area contributed by atoms with Gasteiger partial charge in [0.25, 0.3) is 0 Å². The van der Waals surface area contributed by atoms with E-state index in [1.807, 2.05) is 20.0 Å². The van der Waals surface area contributed by atoms with E-state index in [4.69, 9.17) is 0 Å². The number of hydrogen-bond acceptors (Lipinski definition) is 7. The van der Waals surface area contributed by atoms with Gasteiger partial charge in [-0.25, -0.2) is 9.97 Å². The molecule has 0 unspecified atom stereocenters. The molecule has 0 aliphatic carbocycles. The van der Waals surface area contributed by atoms with Crippen LogP contribution in [0.25, 0.3) is 0 Å². The van der Waals surface area contributed by atoms with E-state index in [1.54, 1.807) is 16.7 Å². The van der Waals surface area contributed by atoms with Crippen LogP contribution in [0.2, 0.25) is 0 Å². The number of piperidine rings is 1. The Morgan fingerprint density at radius 3 is 2.77 bits per heavy atom. The van der Waals surface area contributed by atoms with Crippen LogP contribution in [0.5, 0.6) is 0 Å². The molecule has 0 aromatic carbocycles. The number of hydrogen-bond donors (Lipinski definition) is 3. The topological polar surface area (TPSA) is 96.0 Å². The van der Waals surface area contributed by atoms with E-state index in [1.165, 1.54) is 16.2 Å². The van der Waals surface area contributed by atoms with Crippen LogP contribution >= 0.6 is 22.7 Å². The summed E-state index contributed by atoms with van der Waals surface area (Å²) in [6.45, 7) is 5.71. The van der Waals surface area contributed by atoms with Crippen molar-refractivity contribution in [3.63, 3.8) is 0 Å². The van der Waals surface area contributed by atoms with Crippen LogP contribution in [-0.2, 0) is 16.0 Å². The highest BCUT2D eigenvalue weighted by atomic mass is 32.1. The summed E-state index contributed by atoms with van der Waals surface area (Å²) in [6.07, 6.45) is 4.26. The molecule has 0 spiro atoms. The molecule has 140 valence electrons. The minimum Gasteiger partial charge on any atom is -0.317 e. The Balaban J connectivity index is 1.52. The number of amides is 2. The fourth-order valence-corrected chi connectivity index (χ4v) is 4.38. The van der Waals surface area contributed by atoms with Crippen molar-refractivity contribution in [3.05, 3.63) is 22.1 Å². The summed E-state index contributed by atoms with van der Waals surface area (Å²) >= 11 is 2.87. The Hall–Kier alpha value is -1.84. The smallest absolute Gasteiger partial charge is 0.232 e. The van der Waals surface area contributed by atoms with Gasteiger partial charge < -0.3 is 16.0 Å². The fourth-order valence-electron chi connectivity index (χ4n) is 2.66. The van der Waals surface area contributed by atoms with Crippen molar-refractivity contribution in [3.8, 4) is 0 Å². The number of nitrogens with zero attached hydrogens (tertiary/aromatic N) is 2. The van der Waals surface area contributed by atoms with Gasteiger partial charge in [-0.3, -0.25) is 9.59 Å². The lowest BCUT2D eigenvalue weighted by Crippen LogP contribution is -2.26. The summed E-state index contributed by atoms with van der Waals surface area (Å²) in [5.41, 5.74) is 0.640. The molecular formula is C17H23N5O2S2. The van der Waals surface area contributed by atoms with E-state index in [2.05, 4.69) is 25.9 Å². The van der Waals surface area contributed by atoms with E-state index < -0.39 is 0 Å². The summed E-state index contributed by atoms with van der Waals surface area (Å²) in [5, 5.41) is 11.9. The van der Waals surface area contributed by atoms with Crippen molar-refractivity contribution in [2.24, 2.45) is 5.92 Å². The first-order chi connectivity index (χ1) is 12.5. The number of anilines is 2. The first kappa shape index (κ1) is 18.9. The molecule has 1 aliphatic rings. The lowest BCUT2D eigenvalue weighted by atomic mass is 9.97. The molecule has 9 heteroatoms. The van der Waals surface area contributed by atoms with E-state index in [0.717, 1.165) is 25.9 Å². The Morgan fingerprint density at radius 1 is 1.27 bits per heavy atom. The normalized spacial score (nSPS) is 15.2. The molecule has 0 saturated carbocycles. The summed E-state index contributed by atoms with van der Waals surface area (Å²) in [6, 6.07) is 0. The predicted molar refractivity (Wildman–Crippen MR) is 105 cm³/mol. The van der Waals surface area contributed by atoms with Gasteiger partial charge in [-0.1, -0.05) is 13.8 Å². The number of nitrogens with one attached hydrogen (secondary N) is 3. The number of carbonyl (C=O) groups excluding carboxylic acids is 2. The molecule has 0 atom stereocenters. The summed E-state index contributed by atoms with van der Waals surface area (Å²) < 4.78 is 0. The standard InChI is InChI=1S/C17H23N5O2S2/c1-10(2)15(24)22-17-20-12(9-25-17)7-14(23)21-16-19-8-13(26-16)11-3-5-18-6-4-11/h8-11,18H,3-7H2,1-2H3,(H,19,21,23)(H,20,22,24). The average Bonchev–Trinajstić information content (AvgIpc) is 3.25. The molecule has 0 radical (unpaired) electrons. The predicted octanol–water partition coefficient (Wildman–Crippen LogP) is 2.84. The fraction of sp³-hybridized carbons (Fsp3) is 0.529. The average molecular weight is 394 g/mol. The molecule has 7 nitrogen and oxygen atoms in total. The van der Waals surface area contributed by atoms with E-state index >= 15 is 0 Å². The highest BCUT2D eigenvalue weighted by molar-refractivity contribution is 7.15. The maximum absolute atomic E-state index is 12.2. The number of aromatic nitrogens is 2. The third-order valence-corrected chi connectivity index (χ3v) is 6.04. The summed E-state index contributed by atoms with van der Waals surface area (Å²) in [5.74, 6) is 0.196. The number of thiazole rings is 2. The van der Waals surface area contributed by atoms with Crippen LogP contribution in [0.3, 0.4) is 0 Å². The second-order valence-corrected chi connectivity index (χ2v) is 8.53. The van der Waals surface area contributed by atoms with Gasteiger partial charge >= 0.3 is 0 Å². The molecular weight excluding hydrogens is 370 g/mol. The summed E-state index contributed by atoms with van der Waals surface area (Å²) in [7, 11) is 0. The molecule has 1 aliphatic heterocycles. The SMILES string of the molecule is CC(C)C(=O)Nc1nc(CC(=O)Nc2ncc(C3CCNCC3)s2)cs1. The van der Waals surface area contributed by atoms with E-state index in [9.17, 15) is 9.59 Å². The second kappa shape index (κ2) is 8.70. The van der Waals surface area contributed by atoms with Gasteiger partial charge in [-0.05, 0) is 31.8 Å². The first-order valence-electron chi connectivity index (χ1n) is 8.73. The first-order valence-corrected chi connectivity index (χ1v) is 10.4. The highest BCUT2D eigenvalue weighted by Gasteiger charge is 2.18. The molecule has 2 aromatic heterocycles. The highest BCUT2D eigenvalue weighted by Crippen LogP contribution is 2.31. The van der Waals surface area contributed by atoms with Crippen molar-refractivity contribution in [1.29, 1.82) is 0 Å². The lowest BCUT2D eigenvalue weighted by molar-refractivity contribution is -0.119. The van der Waals surface area contributed by atoms with Gasteiger partial charge in [0.1, 0.15) is 0 Å². The zero-order chi connectivity index (χ0) is 18.5. The van der Waals surface area contributed by atoms with Crippen LogP contribution in [0, 0.1) is 5.92 Å². The van der Waals surface area contributed by atoms with Crippen LogP contribution < -0.4 is 16.0 Å². The number of carbonyl (C=O) groups is 2. The zero-order valence-corrected chi connectivity index (χ0v) is 16.5. The molecule has 2 aromatic rings. The monoisotopic (exact) mass is 393 g/mol. The Kier molecular flexibility index (Phi) is 6.33. The molecule has 1 fully saturated rings. The zero-order valence-electron chi connectivity index (χ0n) is 14.9. The van der Waals surface area contributed by atoms with E-state index in [0.29, 0.717) is 21.9 Å². The van der Waals surface area contributed by atoms with Crippen LogP contribution in [0.1, 0.15) is 43.2 Å². The molecule has 3 N–H and O–H groups in total. The van der Waals surface area contributed by atoms with Crippen molar-refractivity contribution < 1.29 is 9.59 Å². The van der Waals surface area contributed by atoms with Crippen LogP contribution in [-0.4, -0.2) is 34.9 Å². The minimum atomic E-state index is -0.150. The van der Waals surface area contributed by atoms with Gasteiger partial charge in [0.05, 0.1) is 12.1 Å². The molecule has 2 amide bonds. The third-order valence-electron chi connectivity index (χ3n) is 4.16. The van der Waals surface area contributed by atoms with Crippen LogP contribution in [0.4, 0.5) is 10.3 Å². The minimum absolute atomic E-state index is 0.0800. The maximum atomic E-state index is 12.2. The van der Waals surface area contributed by atoms with Crippen molar-refractivity contribution in [1.82, 2.24) is 15.3 Å². The number of rotatable bonds is 6. The van der Waals surface area contributed by atoms with E-state index in [-0.39, 0.29) is 24.2 Å². The Morgan fingerprint density at radius 2 is 2.04 bits per heavy atom. The molecule has 3 rings (SSSR count). The largest absolute Gasteiger partial charge is 0.317 e. The molecule has 3 heterocycles. The van der Waals surface area contributed by atoms with Crippen LogP contribution in [0.15, 0.2) is 11.6 Å². The molecule has 0 bridgehead atoms.